The van der Waals surface area contributed by atoms with Gasteiger partial charge in [-0.3, -0.25) is 4.79 Å². The van der Waals surface area contributed by atoms with Crippen LogP contribution in [0.5, 0.6) is 0 Å². The number of hydrogen-bond acceptors (Lipinski definition) is 4. The third kappa shape index (κ3) is 7.74. The molecular formula is C14H20ClNO3S2. The molecule has 0 fully saturated rings. The summed E-state index contributed by atoms with van der Waals surface area (Å²) in [6, 6.07) is 7.12. The SMILES string of the molecule is CCS(=O)(=O)C[C@@H](C)NC(=O)CSCc1cccc(Cl)c1. The number of thioether (sulfide) groups is 1. The molecule has 1 rings (SSSR count). The van der Waals surface area contributed by atoms with E-state index in [0.717, 1.165) is 5.56 Å². The van der Waals surface area contributed by atoms with E-state index in [1.807, 2.05) is 18.2 Å². The Kier molecular flexibility index (Phi) is 7.56. The van der Waals surface area contributed by atoms with Gasteiger partial charge in [0.15, 0.2) is 9.84 Å². The van der Waals surface area contributed by atoms with E-state index in [1.165, 1.54) is 11.8 Å². The minimum Gasteiger partial charge on any atom is -0.352 e. The Hall–Kier alpha value is -0.720. The fourth-order valence-electron chi connectivity index (χ4n) is 1.75. The largest absolute Gasteiger partial charge is 0.352 e. The quantitative estimate of drug-likeness (QED) is 0.783. The normalized spacial score (nSPS) is 12.9. The molecule has 0 radical (unpaired) electrons. The number of carbonyl (C=O) groups excluding carboxylic acids is 1. The molecule has 1 atom stereocenters. The molecule has 0 aliphatic rings. The van der Waals surface area contributed by atoms with Gasteiger partial charge in [-0.15, -0.1) is 11.8 Å². The molecular weight excluding hydrogens is 330 g/mol. The maximum absolute atomic E-state index is 11.7. The van der Waals surface area contributed by atoms with Gasteiger partial charge >= 0.3 is 0 Å². The first-order valence-electron chi connectivity index (χ1n) is 6.64. The lowest BCUT2D eigenvalue weighted by Gasteiger charge is -2.13. The van der Waals surface area contributed by atoms with Gasteiger partial charge in [0.2, 0.25) is 5.91 Å². The van der Waals surface area contributed by atoms with Gasteiger partial charge in [0.05, 0.1) is 11.5 Å². The average Bonchev–Trinajstić information content (AvgIpc) is 2.38. The van der Waals surface area contributed by atoms with Crippen molar-refractivity contribution in [2.75, 3.05) is 17.3 Å². The van der Waals surface area contributed by atoms with E-state index in [4.69, 9.17) is 11.6 Å². The number of rotatable bonds is 8. The highest BCUT2D eigenvalue weighted by Gasteiger charge is 2.15. The fraction of sp³-hybridized carbons (Fsp3) is 0.500. The number of halogens is 1. The van der Waals surface area contributed by atoms with Crippen LogP contribution >= 0.6 is 23.4 Å². The molecule has 0 unspecified atom stereocenters. The summed E-state index contributed by atoms with van der Waals surface area (Å²) < 4.78 is 22.9. The van der Waals surface area contributed by atoms with Crippen LogP contribution in [0, 0.1) is 0 Å². The smallest absolute Gasteiger partial charge is 0.230 e. The highest BCUT2D eigenvalue weighted by atomic mass is 35.5. The summed E-state index contributed by atoms with van der Waals surface area (Å²) in [5.74, 6) is 0.907. The summed E-state index contributed by atoms with van der Waals surface area (Å²) in [4.78, 5) is 11.7. The molecule has 0 aliphatic heterocycles. The third-order valence-electron chi connectivity index (χ3n) is 2.74. The number of carbonyl (C=O) groups is 1. The van der Waals surface area contributed by atoms with E-state index in [1.54, 1.807) is 19.9 Å². The van der Waals surface area contributed by atoms with Gasteiger partial charge in [0.25, 0.3) is 0 Å². The van der Waals surface area contributed by atoms with Crippen molar-refractivity contribution in [1.82, 2.24) is 5.32 Å². The summed E-state index contributed by atoms with van der Waals surface area (Å²) in [6.07, 6.45) is 0. The third-order valence-corrected chi connectivity index (χ3v) is 5.87. The second-order valence-corrected chi connectivity index (χ2v) is 8.61. The maximum Gasteiger partial charge on any atom is 0.230 e. The minimum atomic E-state index is -3.07. The standard InChI is InChI=1S/C14H20ClNO3S2/c1-3-21(18,19)10-11(2)16-14(17)9-20-8-12-5-4-6-13(15)7-12/h4-7,11H,3,8-10H2,1-2H3,(H,16,17)/t11-/m1/s1. The second kappa shape index (κ2) is 8.66. The van der Waals surface area contributed by atoms with Gasteiger partial charge in [-0.05, 0) is 24.6 Å². The van der Waals surface area contributed by atoms with E-state index in [0.29, 0.717) is 16.5 Å². The van der Waals surface area contributed by atoms with Crippen molar-refractivity contribution in [1.29, 1.82) is 0 Å². The van der Waals surface area contributed by atoms with E-state index >= 15 is 0 Å². The molecule has 1 aromatic carbocycles. The van der Waals surface area contributed by atoms with Crippen LogP contribution in [-0.2, 0) is 20.4 Å². The molecule has 0 saturated heterocycles. The first-order chi connectivity index (χ1) is 9.82. The maximum atomic E-state index is 11.7. The summed E-state index contributed by atoms with van der Waals surface area (Å²) >= 11 is 7.35. The van der Waals surface area contributed by atoms with Gasteiger partial charge < -0.3 is 5.32 Å². The van der Waals surface area contributed by atoms with Crippen molar-refractivity contribution in [2.24, 2.45) is 0 Å². The van der Waals surface area contributed by atoms with Gasteiger partial charge in [0, 0.05) is 22.6 Å². The molecule has 118 valence electrons. The molecule has 0 bridgehead atoms. The number of hydrogen-bond donors (Lipinski definition) is 1. The van der Waals surface area contributed by atoms with Gasteiger partial charge in [-0.1, -0.05) is 30.7 Å². The van der Waals surface area contributed by atoms with E-state index in [2.05, 4.69) is 5.32 Å². The molecule has 0 spiro atoms. The highest BCUT2D eigenvalue weighted by molar-refractivity contribution is 7.99. The Morgan fingerprint density at radius 3 is 2.76 bits per heavy atom. The first kappa shape index (κ1) is 18.3. The molecule has 1 N–H and O–H groups in total. The van der Waals surface area contributed by atoms with Crippen LogP contribution in [0.2, 0.25) is 5.02 Å². The summed E-state index contributed by atoms with van der Waals surface area (Å²) in [6.45, 7) is 3.30. The van der Waals surface area contributed by atoms with Crippen molar-refractivity contribution in [3.63, 3.8) is 0 Å². The van der Waals surface area contributed by atoms with Gasteiger partial charge in [0.1, 0.15) is 0 Å². The molecule has 1 aromatic rings. The molecule has 0 saturated carbocycles. The van der Waals surface area contributed by atoms with Gasteiger partial charge in [-0.25, -0.2) is 8.42 Å². The zero-order chi connectivity index (χ0) is 15.9. The Labute approximate surface area is 135 Å². The van der Waals surface area contributed by atoms with Crippen molar-refractivity contribution in [3.05, 3.63) is 34.9 Å². The molecule has 1 amide bonds. The van der Waals surface area contributed by atoms with Crippen LogP contribution in [0.1, 0.15) is 19.4 Å². The molecule has 0 aromatic heterocycles. The second-order valence-electron chi connectivity index (χ2n) is 4.79. The highest BCUT2D eigenvalue weighted by Crippen LogP contribution is 2.16. The molecule has 0 aliphatic carbocycles. The van der Waals surface area contributed by atoms with Crippen LogP contribution < -0.4 is 5.32 Å². The first-order valence-corrected chi connectivity index (χ1v) is 10.00. The van der Waals surface area contributed by atoms with Crippen LogP contribution in [0.3, 0.4) is 0 Å². The lowest BCUT2D eigenvalue weighted by molar-refractivity contribution is -0.119. The lowest BCUT2D eigenvalue weighted by atomic mass is 10.2. The van der Waals surface area contributed by atoms with Gasteiger partial charge in [-0.2, -0.15) is 0 Å². The van der Waals surface area contributed by atoms with Crippen LogP contribution in [0.15, 0.2) is 24.3 Å². The van der Waals surface area contributed by atoms with Crippen molar-refractivity contribution >= 4 is 39.1 Å². The zero-order valence-electron chi connectivity index (χ0n) is 12.1. The topological polar surface area (TPSA) is 63.2 Å². The Bertz CT molecular complexity index is 575. The molecule has 4 nitrogen and oxygen atoms in total. The number of sulfone groups is 1. The minimum absolute atomic E-state index is 0.0196. The Morgan fingerprint density at radius 1 is 1.43 bits per heavy atom. The number of benzene rings is 1. The number of nitrogens with one attached hydrogen (secondary N) is 1. The zero-order valence-corrected chi connectivity index (χ0v) is 14.5. The Balaban J connectivity index is 2.31. The van der Waals surface area contributed by atoms with Crippen molar-refractivity contribution in [3.8, 4) is 0 Å². The van der Waals surface area contributed by atoms with Crippen LogP contribution in [0.25, 0.3) is 0 Å². The van der Waals surface area contributed by atoms with Crippen LogP contribution in [0.4, 0.5) is 0 Å². The fourth-order valence-corrected chi connectivity index (χ4v) is 3.83. The summed E-state index contributed by atoms with van der Waals surface area (Å²) in [5, 5.41) is 3.38. The predicted molar refractivity (Wildman–Crippen MR) is 89.5 cm³/mol. The van der Waals surface area contributed by atoms with Crippen molar-refractivity contribution in [2.45, 2.75) is 25.6 Å². The monoisotopic (exact) mass is 349 g/mol. The lowest BCUT2D eigenvalue weighted by Crippen LogP contribution is -2.38. The predicted octanol–water partition coefficient (Wildman–Crippen LogP) is 2.51. The number of amides is 1. The average molecular weight is 350 g/mol. The summed E-state index contributed by atoms with van der Waals surface area (Å²) in [5.41, 5.74) is 1.06. The summed E-state index contributed by atoms with van der Waals surface area (Å²) in [7, 11) is -3.07. The molecule has 21 heavy (non-hydrogen) atoms. The van der Waals surface area contributed by atoms with E-state index < -0.39 is 9.84 Å². The Morgan fingerprint density at radius 2 is 2.14 bits per heavy atom. The molecule has 0 heterocycles. The van der Waals surface area contributed by atoms with E-state index in [9.17, 15) is 13.2 Å². The van der Waals surface area contributed by atoms with E-state index in [-0.39, 0.29) is 23.5 Å². The van der Waals surface area contributed by atoms with Crippen LogP contribution in [-0.4, -0.2) is 37.6 Å². The molecule has 7 heteroatoms. The van der Waals surface area contributed by atoms with Crippen molar-refractivity contribution < 1.29 is 13.2 Å².